The maximum absolute atomic E-state index is 15.8. The summed E-state index contributed by atoms with van der Waals surface area (Å²) < 4.78 is 68.2. The fourth-order valence-corrected chi connectivity index (χ4v) is 16.7. The van der Waals surface area contributed by atoms with Crippen LogP contribution in [0.15, 0.2) is 114 Å². The SMILES string of the molecule is CCCCCCCCCCCCC/C=C/[C@@H](OC(=O)CCC(=O)O[C@@H](C(=O)O[C@H]1C[C@]2(O)CC(=C1C)[C@@H](OC(C)=O)C(=O)[C@@]1(C)[C@H]([C@@H]2OC(=O)c2ccccc2)[C@]2(OC(C)=O)CO[C@@H]2C[C@@H]1O)[C@@H](NC(=O)c1ccccc1)c1ccccc1)[C@H](COP(=O)(O)OCC[N+](C)(C)C)NC(=O)CCCCCCCCCCCCCCC. The van der Waals surface area contributed by atoms with Crippen LogP contribution in [0.2, 0.25) is 0 Å². The average molecular weight is 1610 g/mol. The van der Waals surface area contributed by atoms with Crippen LogP contribution >= 0.6 is 7.82 Å². The summed E-state index contributed by atoms with van der Waals surface area (Å²) >= 11 is 0. The van der Waals surface area contributed by atoms with Crippen LogP contribution in [-0.4, -0.2) is 180 Å². The van der Waals surface area contributed by atoms with Gasteiger partial charge >= 0.3 is 43.6 Å². The molecule has 114 heavy (non-hydrogen) atoms. The minimum atomic E-state index is -4.78. The van der Waals surface area contributed by atoms with Gasteiger partial charge in [0, 0.05) is 45.1 Å². The van der Waals surface area contributed by atoms with Crippen molar-refractivity contribution >= 4 is 61.2 Å². The highest BCUT2D eigenvalue weighted by Gasteiger charge is 2.76. The Morgan fingerprint density at radius 2 is 1.18 bits per heavy atom. The van der Waals surface area contributed by atoms with Gasteiger partial charge in [-0.25, -0.2) is 14.2 Å². The van der Waals surface area contributed by atoms with E-state index >= 15 is 9.59 Å². The molecule has 26 heteroatoms. The molecule has 0 radical (unpaired) electrons. The van der Waals surface area contributed by atoms with Crippen LogP contribution in [0.5, 0.6) is 0 Å². The molecule has 2 saturated carbocycles. The Kier molecular flexibility index (Phi) is 38.2. The summed E-state index contributed by atoms with van der Waals surface area (Å²) in [5, 5.41) is 31.9. The number of hydrogen-bond acceptors (Lipinski definition) is 21. The number of allylic oxidation sites excluding steroid dienone is 1. The lowest BCUT2D eigenvalue weighted by molar-refractivity contribution is -0.870. The number of unbranched alkanes of at least 4 members (excludes halogenated alkanes) is 23. The van der Waals surface area contributed by atoms with Gasteiger partial charge in [-0.05, 0) is 80.2 Å². The molecular weight excluding hydrogens is 1480 g/mol. The van der Waals surface area contributed by atoms with Crippen LogP contribution < -0.4 is 10.6 Å². The van der Waals surface area contributed by atoms with Crippen molar-refractivity contribution < 1.29 is 110 Å². The zero-order valence-electron chi connectivity index (χ0n) is 68.8. The zero-order chi connectivity index (χ0) is 82.9. The van der Waals surface area contributed by atoms with Gasteiger partial charge in [-0.3, -0.25) is 42.6 Å². The third kappa shape index (κ3) is 28.4. The molecule has 1 aliphatic heterocycles. The first kappa shape index (κ1) is 93.7. The number of carbonyl (C=O) groups excluding carboxylic acids is 9. The number of nitrogens with zero attached hydrogens (tertiary/aromatic N) is 1. The molecule has 3 fully saturated rings. The number of amides is 2. The molecular formula is C88H129N3O22P+. The summed E-state index contributed by atoms with van der Waals surface area (Å²) in [6, 6.07) is 20.8. The summed E-state index contributed by atoms with van der Waals surface area (Å²) in [6.45, 7) is 8.58. The first-order chi connectivity index (χ1) is 54.4. The van der Waals surface area contributed by atoms with Crippen molar-refractivity contribution in [1.82, 2.24) is 10.6 Å². The molecule has 25 nitrogen and oxygen atoms in total. The standard InChI is InChI=1S/C88H128N3O22P/c1-10-12-14-16-18-20-22-24-26-28-30-32-43-51-70(69(60-107-114(103,104)106-56-55-91(7,8)9)89-74(95)52-44-33-31-29-27-25-23-21-19-17-15-13-11-2)109-75(96)53-54-76(97)111-79(77(65-45-37-34-38-46-65)90-83(99)66-47-39-35-40-48-66)85(101)110-71-59-87(102)58-68(62(71)3)78(108-63(4)92)81(98)86(6)72(94)57-73-88(61-105-73,113-64(5)93)80(86)82(87)112-84(100)67-49-41-36-42-50-67/h34-43,45-51,69-73,77-80,82,94,102H,10-33,44,52-61H2,1-9H3,(H2-,89,90,95,99,103,104)/p+1/b51-43+/t69-,70+,71-,72-,73+,77-,78+,79+,80-,82-,86+,87+,88-/m0/s1. The highest BCUT2D eigenvalue weighted by Crippen LogP contribution is 2.61. The number of Topliss-reactive ketones (excluding diaryl/α,β-unsaturated/α-hetero) is 1. The van der Waals surface area contributed by atoms with E-state index in [0.717, 1.165) is 78.1 Å². The molecule has 1 saturated heterocycles. The van der Waals surface area contributed by atoms with Crippen molar-refractivity contribution in [3.05, 3.63) is 131 Å². The second kappa shape index (κ2) is 46.5. The average Bonchev–Trinajstić information content (AvgIpc) is 0.678. The molecule has 7 rings (SSSR count). The summed E-state index contributed by atoms with van der Waals surface area (Å²) in [7, 11) is 0.874. The summed E-state index contributed by atoms with van der Waals surface area (Å²) in [6.07, 6.45) is 15.8. The Morgan fingerprint density at radius 3 is 1.71 bits per heavy atom. The first-order valence-electron chi connectivity index (χ1n) is 41.7. The number of likely N-dealkylation sites (N-methyl/N-ethyl adjacent to an activating group) is 1. The zero-order valence-corrected chi connectivity index (χ0v) is 69.7. The number of quaternary nitrogens is 1. The third-order valence-corrected chi connectivity index (χ3v) is 23.5. The monoisotopic (exact) mass is 1610 g/mol. The number of ketones is 1. The number of aliphatic hydroxyl groups excluding tert-OH is 1. The van der Waals surface area contributed by atoms with Crippen molar-refractivity contribution in [2.45, 2.75) is 307 Å². The van der Waals surface area contributed by atoms with Crippen molar-refractivity contribution in [2.75, 3.05) is 47.5 Å². The van der Waals surface area contributed by atoms with Crippen molar-refractivity contribution in [1.29, 1.82) is 0 Å². The normalized spacial score (nSPS) is 23.5. The van der Waals surface area contributed by atoms with Gasteiger partial charge in [0.05, 0.1) is 76.2 Å². The quantitative estimate of drug-likeness (QED) is 0.00875. The molecule has 3 aromatic rings. The molecule has 5 N–H and O–H groups in total. The summed E-state index contributed by atoms with van der Waals surface area (Å²) in [5.41, 5.74) is -6.20. The lowest BCUT2D eigenvalue weighted by Gasteiger charge is -2.65. The number of ether oxygens (including phenoxy) is 7. The van der Waals surface area contributed by atoms with Crippen LogP contribution in [-0.2, 0) is 80.3 Å². The van der Waals surface area contributed by atoms with E-state index in [-0.39, 0.29) is 47.3 Å². The molecule has 3 aromatic carbocycles. The predicted octanol–water partition coefficient (Wildman–Crippen LogP) is 14.4. The molecule has 0 spiro atoms. The molecule has 1 heterocycles. The van der Waals surface area contributed by atoms with Crippen LogP contribution in [0.3, 0.4) is 0 Å². The van der Waals surface area contributed by atoms with E-state index in [1.54, 1.807) is 72.8 Å². The largest absolute Gasteiger partial charge is 0.472 e. The van der Waals surface area contributed by atoms with E-state index in [0.29, 0.717) is 23.9 Å². The Balaban J connectivity index is 1.20. The summed E-state index contributed by atoms with van der Waals surface area (Å²) in [4.78, 5) is 142. The van der Waals surface area contributed by atoms with E-state index < -0.39 is 177 Å². The Bertz CT molecular complexity index is 3680. The maximum Gasteiger partial charge on any atom is 0.472 e. The number of nitrogens with one attached hydrogen (secondary N) is 2. The van der Waals surface area contributed by atoms with Crippen molar-refractivity contribution in [3.63, 3.8) is 0 Å². The topological polar surface area (TPSA) is 339 Å². The second-order valence-electron chi connectivity index (χ2n) is 32.6. The number of aliphatic hydroxyl groups is 2. The van der Waals surface area contributed by atoms with Crippen LogP contribution in [0.25, 0.3) is 0 Å². The lowest BCUT2D eigenvalue weighted by atomic mass is 9.48. The number of rotatable bonds is 51. The number of carbonyl (C=O) groups is 9. The van der Waals surface area contributed by atoms with E-state index in [1.807, 2.05) is 27.2 Å². The Hall–Kier alpha value is -7.48. The smallest absolute Gasteiger partial charge is 0.456 e. The maximum atomic E-state index is 15.8. The number of phosphoric acid groups is 1. The van der Waals surface area contributed by atoms with Crippen LogP contribution in [0, 0.1) is 11.3 Å². The van der Waals surface area contributed by atoms with E-state index in [9.17, 15) is 53.2 Å². The molecule has 632 valence electrons. The van der Waals surface area contributed by atoms with Gasteiger partial charge in [0.1, 0.15) is 49.2 Å². The molecule has 1 unspecified atom stereocenters. The third-order valence-electron chi connectivity index (χ3n) is 22.5. The van der Waals surface area contributed by atoms with Gasteiger partial charge in [0.2, 0.25) is 12.0 Å². The van der Waals surface area contributed by atoms with Crippen molar-refractivity contribution in [2.24, 2.45) is 11.3 Å². The number of benzene rings is 3. The minimum Gasteiger partial charge on any atom is -0.456 e. The number of phosphoric ester groups is 1. The molecule has 4 aliphatic rings. The first-order valence-corrected chi connectivity index (χ1v) is 43.2. The highest BCUT2D eigenvalue weighted by atomic mass is 31.2. The molecule has 14 atom stereocenters. The minimum absolute atomic E-state index is 0.00378. The number of esters is 6. The van der Waals surface area contributed by atoms with Crippen molar-refractivity contribution in [3.8, 4) is 0 Å². The van der Waals surface area contributed by atoms with E-state index in [2.05, 4.69) is 24.5 Å². The number of hydrogen-bond donors (Lipinski definition) is 5. The summed E-state index contributed by atoms with van der Waals surface area (Å²) in [5.74, 6) is -10.1. The van der Waals surface area contributed by atoms with Gasteiger partial charge in [-0.15, -0.1) is 0 Å². The predicted molar refractivity (Wildman–Crippen MR) is 429 cm³/mol. The van der Waals surface area contributed by atoms with Gasteiger partial charge < -0.3 is 63.4 Å². The molecule has 2 amide bonds. The Labute approximate surface area is 674 Å². The molecule has 3 aliphatic carbocycles. The lowest BCUT2D eigenvalue weighted by Crippen LogP contribution is -2.80. The molecule has 2 bridgehead atoms. The van der Waals surface area contributed by atoms with E-state index in [1.165, 1.54) is 122 Å². The second-order valence-corrected chi connectivity index (χ2v) is 34.1. The fourth-order valence-electron chi connectivity index (χ4n) is 16.0. The molecule has 0 aromatic heterocycles. The van der Waals surface area contributed by atoms with Crippen LogP contribution in [0.4, 0.5) is 0 Å². The highest BCUT2D eigenvalue weighted by molar-refractivity contribution is 7.47. The van der Waals surface area contributed by atoms with Gasteiger partial charge in [-0.1, -0.05) is 228 Å². The number of fused-ring (bicyclic) bond motifs is 5. The van der Waals surface area contributed by atoms with Gasteiger partial charge in [-0.2, -0.15) is 0 Å². The fraction of sp³-hybridized carbons (Fsp3) is 0.648. The van der Waals surface area contributed by atoms with E-state index in [4.69, 9.17) is 42.2 Å². The Morgan fingerprint density at radius 1 is 0.658 bits per heavy atom. The van der Waals surface area contributed by atoms with Gasteiger partial charge in [0.15, 0.2) is 17.5 Å². The van der Waals surface area contributed by atoms with Crippen LogP contribution in [0.1, 0.15) is 273 Å². The van der Waals surface area contributed by atoms with Gasteiger partial charge in [0.25, 0.3) is 5.91 Å².